The van der Waals surface area contributed by atoms with Crippen molar-refractivity contribution in [3.63, 3.8) is 0 Å². The average molecular weight is 670 g/mol. The van der Waals surface area contributed by atoms with E-state index in [9.17, 15) is 27.6 Å². The number of hydrogen-bond donors (Lipinski definition) is 1. The van der Waals surface area contributed by atoms with E-state index in [1.165, 1.54) is 19.1 Å². The number of nitriles is 1. The van der Waals surface area contributed by atoms with E-state index in [4.69, 9.17) is 14.7 Å². The first-order valence-electron chi connectivity index (χ1n) is 15.2. The van der Waals surface area contributed by atoms with E-state index in [1.807, 2.05) is 7.05 Å². The molecule has 0 radical (unpaired) electrons. The summed E-state index contributed by atoms with van der Waals surface area (Å²) in [6, 6.07) is 11.3. The molecule has 0 aromatic heterocycles. The largest absolute Gasteiger partial charge is 0.458 e. The van der Waals surface area contributed by atoms with Crippen LogP contribution in [0.4, 0.5) is 4.79 Å². The summed E-state index contributed by atoms with van der Waals surface area (Å²) in [5, 5.41) is 10.1. The van der Waals surface area contributed by atoms with Crippen LogP contribution in [0.2, 0.25) is 0 Å². The van der Waals surface area contributed by atoms with Crippen molar-refractivity contribution in [2.45, 2.75) is 70.0 Å². The Labute approximate surface area is 276 Å². The molecule has 14 heteroatoms. The number of rotatable bonds is 8. The fourth-order valence-corrected chi connectivity index (χ4v) is 6.47. The minimum atomic E-state index is -4.58. The number of likely N-dealkylation sites (N-methyl/N-ethyl adjacent to an activating group) is 1. The van der Waals surface area contributed by atoms with Crippen LogP contribution in [0.5, 0.6) is 5.75 Å². The van der Waals surface area contributed by atoms with Gasteiger partial charge in [0.15, 0.2) is 0 Å². The van der Waals surface area contributed by atoms with E-state index >= 15 is 0 Å². The number of sulfonamides is 1. The summed E-state index contributed by atoms with van der Waals surface area (Å²) in [7, 11) is -2.60. The number of benzene rings is 2. The maximum absolute atomic E-state index is 14.1. The highest BCUT2D eigenvalue weighted by atomic mass is 32.2. The lowest BCUT2D eigenvalue weighted by Gasteiger charge is -2.33. The topological polar surface area (TPSA) is 166 Å². The molecule has 0 unspecified atom stereocenters. The zero-order chi connectivity index (χ0) is 34.9. The number of carbonyl (C=O) groups excluding carboxylic acids is 4. The van der Waals surface area contributed by atoms with Crippen molar-refractivity contribution in [1.29, 1.82) is 5.26 Å². The molecule has 0 saturated carbocycles. The van der Waals surface area contributed by atoms with Crippen LogP contribution in [-0.2, 0) is 35.6 Å². The Bertz CT molecular complexity index is 1570. The molecule has 0 spiro atoms. The number of hydrogen-bond acceptors (Lipinski definition) is 11. The van der Waals surface area contributed by atoms with Gasteiger partial charge in [0.05, 0.1) is 23.6 Å². The van der Waals surface area contributed by atoms with Gasteiger partial charge in [-0.2, -0.15) is 5.26 Å². The number of esters is 1. The number of ketones is 1. The molecule has 2 aliphatic rings. The van der Waals surface area contributed by atoms with Crippen molar-refractivity contribution in [2.75, 3.05) is 39.8 Å². The lowest BCUT2D eigenvalue weighted by Crippen LogP contribution is -2.55. The number of Topliss-reactive ketones (excluding diaryl/α,β-unsaturated/α-hetero) is 1. The second-order valence-electron chi connectivity index (χ2n) is 12.4. The Morgan fingerprint density at radius 2 is 1.62 bits per heavy atom. The monoisotopic (exact) mass is 669 g/mol. The molecule has 47 heavy (non-hydrogen) atoms. The number of piperazine rings is 1. The van der Waals surface area contributed by atoms with Crippen LogP contribution in [0, 0.1) is 18.3 Å². The third kappa shape index (κ3) is 10.3. The lowest BCUT2D eigenvalue weighted by atomic mass is 10.0. The van der Waals surface area contributed by atoms with E-state index in [0.717, 1.165) is 18.7 Å². The first-order chi connectivity index (χ1) is 22.0. The molecular formula is C33H43N5O8S. The molecule has 2 amide bonds. The number of nitrogens with one attached hydrogen (secondary N) is 1. The minimum Gasteiger partial charge on any atom is -0.458 e. The summed E-state index contributed by atoms with van der Waals surface area (Å²) < 4.78 is 39.9. The zero-order valence-corrected chi connectivity index (χ0v) is 28.5. The van der Waals surface area contributed by atoms with Crippen molar-refractivity contribution in [1.82, 2.24) is 19.4 Å². The van der Waals surface area contributed by atoms with Gasteiger partial charge in [0.2, 0.25) is 0 Å². The van der Waals surface area contributed by atoms with Gasteiger partial charge in [0.25, 0.3) is 15.9 Å². The van der Waals surface area contributed by atoms with Crippen LogP contribution >= 0.6 is 0 Å². The molecule has 0 bridgehead atoms. The van der Waals surface area contributed by atoms with Crippen LogP contribution in [0.15, 0.2) is 53.4 Å². The molecule has 2 heterocycles. The van der Waals surface area contributed by atoms with Crippen molar-refractivity contribution >= 4 is 33.8 Å². The molecule has 2 atom stereocenters. The number of carbonyl (C=O) groups is 4. The lowest BCUT2D eigenvalue weighted by molar-refractivity contribution is -0.162. The molecule has 2 aromatic carbocycles. The number of aryl methyl sites for hydroxylation is 1. The van der Waals surface area contributed by atoms with Gasteiger partial charge >= 0.3 is 12.1 Å². The highest BCUT2D eigenvalue weighted by Crippen LogP contribution is 2.26. The predicted octanol–water partition coefficient (Wildman–Crippen LogP) is 2.67. The number of ether oxygens (including phenoxy) is 2. The van der Waals surface area contributed by atoms with Crippen LogP contribution in [-0.4, -0.2) is 104 Å². The molecule has 2 fully saturated rings. The molecule has 2 aliphatic heterocycles. The number of amides is 2. The van der Waals surface area contributed by atoms with Gasteiger partial charge in [-0.3, -0.25) is 14.9 Å². The molecule has 1 N–H and O–H groups in total. The second kappa shape index (κ2) is 16.0. The summed E-state index contributed by atoms with van der Waals surface area (Å²) in [6.07, 6.45) is -0.899. The van der Waals surface area contributed by atoms with Crippen LogP contribution in [0.1, 0.15) is 45.2 Å². The molecule has 4 rings (SSSR count). The first-order valence-corrected chi connectivity index (χ1v) is 16.7. The Morgan fingerprint density at radius 1 is 1.04 bits per heavy atom. The molecule has 13 nitrogen and oxygen atoms in total. The van der Waals surface area contributed by atoms with Gasteiger partial charge in [-0.25, -0.2) is 22.3 Å². The summed E-state index contributed by atoms with van der Waals surface area (Å²) in [4.78, 5) is 55.8. The Hall–Kier alpha value is -4.32. The standard InChI is InChI=1S/C31H40N4O8S.C2H3N/c1-21-6-12-25(13-7-21)44(40,41)35(28(37)26-19-23(36)20-32-26)27(29(38)43-31(2,3)4)18-22-8-10-24(11-9-22)42-30(39)34-16-14-33(5)15-17-34;1-2-3/h6-13,26-27,32H,14-20H2,1-5H3;1H3/t26-,27-;/m0./s1. The fraction of sp³-hybridized carbons (Fsp3) is 0.485. The number of nitrogens with zero attached hydrogens (tertiary/aromatic N) is 4. The van der Waals surface area contributed by atoms with Gasteiger partial charge < -0.3 is 19.3 Å². The maximum atomic E-state index is 14.1. The molecule has 2 aromatic rings. The van der Waals surface area contributed by atoms with E-state index < -0.39 is 45.7 Å². The normalized spacial score (nSPS) is 17.5. The van der Waals surface area contributed by atoms with Gasteiger partial charge in [0, 0.05) is 45.9 Å². The molecule has 0 aliphatic carbocycles. The van der Waals surface area contributed by atoms with Crippen LogP contribution in [0.3, 0.4) is 0 Å². The Kier molecular flexibility index (Phi) is 12.6. The molecule has 254 valence electrons. The van der Waals surface area contributed by atoms with E-state index in [2.05, 4.69) is 10.2 Å². The average Bonchev–Trinajstić information content (AvgIpc) is 3.44. The zero-order valence-electron chi connectivity index (χ0n) is 27.7. The highest BCUT2D eigenvalue weighted by molar-refractivity contribution is 7.89. The summed E-state index contributed by atoms with van der Waals surface area (Å²) >= 11 is 0. The fourth-order valence-electron chi connectivity index (χ4n) is 4.90. The summed E-state index contributed by atoms with van der Waals surface area (Å²) in [6.45, 7) is 10.6. The Morgan fingerprint density at radius 3 is 2.13 bits per heavy atom. The summed E-state index contributed by atoms with van der Waals surface area (Å²) in [5.74, 6) is -1.81. The third-order valence-corrected chi connectivity index (χ3v) is 9.17. The second-order valence-corrected chi connectivity index (χ2v) is 14.2. The van der Waals surface area contributed by atoms with Gasteiger partial charge in [-0.15, -0.1) is 0 Å². The molecular weight excluding hydrogens is 626 g/mol. The van der Waals surface area contributed by atoms with Crippen molar-refractivity contribution in [2.24, 2.45) is 0 Å². The van der Waals surface area contributed by atoms with Crippen LogP contribution < -0.4 is 10.1 Å². The van der Waals surface area contributed by atoms with E-state index in [1.54, 1.807) is 75.1 Å². The third-order valence-electron chi connectivity index (χ3n) is 7.35. The van der Waals surface area contributed by atoms with E-state index in [0.29, 0.717) is 23.0 Å². The van der Waals surface area contributed by atoms with Crippen LogP contribution in [0.25, 0.3) is 0 Å². The minimum absolute atomic E-state index is 0.0831. The smallest absolute Gasteiger partial charge is 0.415 e. The van der Waals surface area contributed by atoms with Gasteiger partial charge in [-0.1, -0.05) is 29.8 Å². The van der Waals surface area contributed by atoms with Crippen molar-refractivity contribution in [3.05, 3.63) is 59.7 Å². The van der Waals surface area contributed by atoms with Crippen molar-refractivity contribution in [3.8, 4) is 11.8 Å². The Balaban J connectivity index is 0.00000192. The summed E-state index contributed by atoms with van der Waals surface area (Å²) in [5.41, 5.74) is 0.315. The predicted molar refractivity (Wildman–Crippen MR) is 173 cm³/mol. The quantitative estimate of drug-likeness (QED) is 0.411. The van der Waals surface area contributed by atoms with Gasteiger partial charge in [-0.05, 0) is 64.6 Å². The first kappa shape index (κ1) is 37.1. The molecule has 2 saturated heterocycles. The van der Waals surface area contributed by atoms with Crippen molar-refractivity contribution < 1.29 is 37.1 Å². The highest BCUT2D eigenvalue weighted by Gasteiger charge is 2.45. The maximum Gasteiger partial charge on any atom is 0.415 e. The SMILES string of the molecule is CC#N.Cc1ccc(S(=O)(=O)N(C(=O)[C@@H]2CC(=O)CN2)[C@@H](Cc2ccc(OC(=O)N3CCN(C)CC3)cc2)C(=O)OC(C)(C)C)cc1. The van der Waals surface area contributed by atoms with E-state index in [-0.39, 0.29) is 35.8 Å². The van der Waals surface area contributed by atoms with Gasteiger partial charge in [0.1, 0.15) is 23.2 Å².